The number of benzene rings is 1. The van der Waals surface area contributed by atoms with Gasteiger partial charge in [0.15, 0.2) is 0 Å². The first-order valence-electron chi connectivity index (χ1n) is 9.87. The quantitative estimate of drug-likeness (QED) is 0.612. The van der Waals surface area contributed by atoms with Crippen molar-refractivity contribution < 1.29 is 23.5 Å². The lowest BCUT2D eigenvalue weighted by atomic mass is 9.79. The van der Waals surface area contributed by atoms with Crippen LogP contribution in [-0.4, -0.2) is 59.3 Å². The van der Waals surface area contributed by atoms with Crippen molar-refractivity contribution >= 4 is 23.7 Å². The molecule has 29 heavy (non-hydrogen) atoms. The molecule has 0 bridgehead atoms. The molecule has 1 N–H and O–H groups in total. The second kappa shape index (κ2) is 7.48. The molecule has 6 nitrogen and oxygen atoms in total. The Morgan fingerprint density at radius 1 is 1.31 bits per heavy atom. The van der Waals surface area contributed by atoms with Gasteiger partial charge in [-0.25, -0.2) is 13.6 Å². The van der Waals surface area contributed by atoms with Crippen LogP contribution in [0.5, 0.6) is 0 Å². The van der Waals surface area contributed by atoms with E-state index in [2.05, 4.69) is 4.99 Å². The minimum Gasteiger partial charge on any atom is -0.479 e. The van der Waals surface area contributed by atoms with Crippen LogP contribution in [0.3, 0.4) is 0 Å². The van der Waals surface area contributed by atoms with Crippen molar-refractivity contribution in [3.8, 4) is 0 Å². The molecule has 1 aromatic carbocycles. The first-order chi connectivity index (χ1) is 13.5. The second-order valence-corrected chi connectivity index (χ2v) is 8.71. The van der Waals surface area contributed by atoms with Gasteiger partial charge in [0, 0.05) is 31.9 Å². The Balaban J connectivity index is 2.34. The summed E-state index contributed by atoms with van der Waals surface area (Å²) >= 11 is 0. The fourth-order valence-electron chi connectivity index (χ4n) is 4.16. The predicted octanol–water partition coefficient (Wildman–Crippen LogP) is 3.35. The summed E-state index contributed by atoms with van der Waals surface area (Å²) in [6.45, 7) is 8.67. The van der Waals surface area contributed by atoms with Gasteiger partial charge in [0.2, 0.25) is 5.78 Å². The van der Waals surface area contributed by atoms with Crippen molar-refractivity contribution in [3.63, 3.8) is 0 Å². The molecule has 2 atom stereocenters. The van der Waals surface area contributed by atoms with Crippen LogP contribution in [0.15, 0.2) is 17.1 Å². The number of rotatable bonds is 4. The van der Waals surface area contributed by atoms with Gasteiger partial charge in [-0.05, 0) is 31.2 Å². The Kier molecular flexibility index (Phi) is 5.51. The maximum atomic E-state index is 14.8. The summed E-state index contributed by atoms with van der Waals surface area (Å²) in [5, 5.41) is 10.3. The standard InChI is InChI=1S/C21H27F2N3O3/c1-5-26-16-14(10-13(22)11-15(16)23)17(27)21(19(28)29,24-12-20(2,3)4)18(26)25-8-6-7-9-25/h10-12,18H,5-9H2,1-4H3,(H,28,29). The molecule has 0 amide bonds. The summed E-state index contributed by atoms with van der Waals surface area (Å²) in [7, 11) is 0. The number of hydrogen-bond acceptors (Lipinski definition) is 5. The Labute approximate surface area is 169 Å². The summed E-state index contributed by atoms with van der Waals surface area (Å²) in [6, 6.07) is 1.63. The zero-order valence-electron chi connectivity index (χ0n) is 17.2. The number of likely N-dealkylation sites (tertiary alicyclic amines) is 1. The topological polar surface area (TPSA) is 73.2 Å². The Morgan fingerprint density at radius 2 is 1.93 bits per heavy atom. The van der Waals surface area contributed by atoms with Crippen molar-refractivity contribution in [2.45, 2.75) is 52.2 Å². The number of ketones is 1. The number of fused-ring (bicyclic) bond motifs is 1. The van der Waals surface area contributed by atoms with E-state index in [1.54, 1.807) is 11.8 Å². The number of carbonyl (C=O) groups is 2. The van der Waals surface area contributed by atoms with Crippen molar-refractivity contribution in [3.05, 3.63) is 29.3 Å². The molecule has 158 valence electrons. The van der Waals surface area contributed by atoms with Gasteiger partial charge in [-0.1, -0.05) is 20.8 Å². The number of nitrogens with zero attached hydrogens (tertiary/aromatic N) is 3. The van der Waals surface area contributed by atoms with Gasteiger partial charge in [-0.2, -0.15) is 0 Å². The van der Waals surface area contributed by atoms with E-state index in [1.807, 2.05) is 25.7 Å². The van der Waals surface area contributed by atoms with Gasteiger partial charge in [0.05, 0.1) is 11.3 Å². The number of anilines is 1. The largest absolute Gasteiger partial charge is 0.479 e. The molecule has 1 aromatic rings. The minimum atomic E-state index is -2.21. The van der Waals surface area contributed by atoms with Crippen LogP contribution in [-0.2, 0) is 4.79 Å². The lowest BCUT2D eigenvalue weighted by Gasteiger charge is -2.49. The number of Topliss-reactive ketones (excluding diaryl/α,β-unsaturated/α-hetero) is 1. The molecule has 2 aliphatic rings. The molecular weight excluding hydrogens is 380 g/mol. The average Bonchev–Trinajstić information content (AvgIpc) is 3.14. The van der Waals surface area contributed by atoms with Crippen LogP contribution >= 0.6 is 0 Å². The predicted molar refractivity (Wildman–Crippen MR) is 107 cm³/mol. The third-order valence-electron chi connectivity index (χ3n) is 5.38. The molecular formula is C21H27F2N3O3. The molecule has 2 aliphatic heterocycles. The highest BCUT2D eigenvalue weighted by molar-refractivity contribution is 6.21. The number of aliphatic carboxylic acids is 1. The molecule has 2 heterocycles. The highest BCUT2D eigenvalue weighted by Crippen LogP contribution is 2.43. The summed E-state index contributed by atoms with van der Waals surface area (Å²) in [6.07, 6.45) is 2.15. The lowest BCUT2D eigenvalue weighted by molar-refractivity contribution is -0.143. The molecule has 0 radical (unpaired) electrons. The third-order valence-corrected chi connectivity index (χ3v) is 5.38. The zero-order chi connectivity index (χ0) is 21.6. The van der Waals surface area contributed by atoms with E-state index in [-0.39, 0.29) is 17.8 Å². The highest BCUT2D eigenvalue weighted by Gasteiger charge is 2.61. The number of hydrogen-bond donors (Lipinski definition) is 1. The third kappa shape index (κ3) is 3.54. The molecule has 0 spiro atoms. The summed E-state index contributed by atoms with van der Waals surface area (Å²) in [5.74, 6) is -4.11. The first kappa shape index (κ1) is 21.4. The van der Waals surface area contributed by atoms with E-state index in [1.165, 1.54) is 6.21 Å². The van der Waals surface area contributed by atoms with Crippen molar-refractivity contribution in [1.82, 2.24) is 4.90 Å². The summed E-state index contributed by atoms with van der Waals surface area (Å²) in [4.78, 5) is 34.0. The number of carbonyl (C=O) groups excluding carboxylic acids is 1. The lowest BCUT2D eigenvalue weighted by Crippen LogP contribution is -2.70. The molecule has 3 rings (SSSR count). The Morgan fingerprint density at radius 3 is 2.45 bits per heavy atom. The average molecular weight is 407 g/mol. The van der Waals surface area contributed by atoms with Crippen molar-refractivity contribution in [2.24, 2.45) is 10.4 Å². The molecule has 1 saturated heterocycles. The van der Waals surface area contributed by atoms with Gasteiger partial charge < -0.3 is 10.0 Å². The fourth-order valence-corrected chi connectivity index (χ4v) is 4.16. The molecule has 0 aliphatic carbocycles. The second-order valence-electron chi connectivity index (χ2n) is 8.71. The maximum Gasteiger partial charge on any atom is 0.343 e. The Hall–Kier alpha value is -2.35. The smallest absolute Gasteiger partial charge is 0.343 e. The van der Waals surface area contributed by atoms with Gasteiger partial charge in [0.25, 0.3) is 5.54 Å². The number of carboxylic acid groups (broad SMARTS) is 1. The normalized spacial score (nSPS) is 25.7. The van der Waals surface area contributed by atoms with Crippen LogP contribution in [0.1, 0.15) is 50.9 Å². The van der Waals surface area contributed by atoms with Gasteiger partial charge in [-0.3, -0.25) is 14.7 Å². The van der Waals surface area contributed by atoms with Crippen LogP contribution < -0.4 is 4.90 Å². The van der Waals surface area contributed by atoms with E-state index >= 15 is 0 Å². The monoisotopic (exact) mass is 407 g/mol. The van der Waals surface area contributed by atoms with Crippen LogP contribution in [0.25, 0.3) is 0 Å². The van der Waals surface area contributed by atoms with E-state index in [9.17, 15) is 23.5 Å². The Bertz CT molecular complexity index is 859. The van der Waals surface area contributed by atoms with E-state index < -0.39 is 40.5 Å². The summed E-state index contributed by atoms with van der Waals surface area (Å²) in [5.41, 5.74) is -3.03. The van der Waals surface area contributed by atoms with Crippen molar-refractivity contribution in [2.75, 3.05) is 24.5 Å². The molecule has 2 unspecified atom stereocenters. The highest BCUT2D eigenvalue weighted by atomic mass is 19.1. The van der Waals surface area contributed by atoms with Gasteiger partial charge in [0.1, 0.15) is 17.8 Å². The molecule has 1 fully saturated rings. The number of aliphatic imine (C=N–C) groups is 1. The van der Waals surface area contributed by atoms with Crippen LogP contribution in [0.4, 0.5) is 14.5 Å². The summed E-state index contributed by atoms with van der Waals surface area (Å²) < 4.78 is 28.8. The molecule has 0 aromatic heterocycles. The first-order valence-corrected chi connectivity index (χ1v) is 9.87. The van der Waals surface area contributed by atoms with Crippen LogP contribution in [0, 0.1) is 17.0 Å². The SMILES string of the molecule is CCN1c2c(F)cc(F)cc2C(=O)C(N=CC(C)(C)C)(C(=O)O)C1N1CCCC1. The van der Waals surface area contributed by atoms with E-state index in [0.29, 0.717) is 13.1 Å². The number of carboxylic acids is 1. The maximum absolute atomic E-state index is 14.8. The zero-order valence-corrected chi connectivity index (χ0v) is 17.2. The molecule has 8 heteroatoms. The van der Waals surface area contributed by atoms with Gasteiger partial charge in [-0.15, -0.1) is 0 Å². The van der Waals surface area contributed by atoms with E-state index in [4.69, 9.17) is 0 Å². The van der Waals surface area contributed by atoms with Crippen molar-refractivity contribution in [1.29, 1.82) is 0 Å². The molecule has 0 saturated carbocycles. The minimum absolute atomic E-state index is 0.0568. The van der Waals surface area contributed by atoms with E-state index in [0.717, 1.165) is 25.0 Å². The van der Waals surface area contributed by atoms with Crippen LogP contribution in [0.2, 0.25) is 0 Å². The number of halogens is 2. The fraction of sp³-hybridized carbons (Fsp3) is 0.571. The number of likely N-dealkylation sites (N-methyl/N-ethyl adjacent to an activating group) is 1. The van der Waals surface area contributed by atoms with Gasteiger partial charge >= 0.3 is 5.97 Å².